The number of benzene rings is 2. The molecule has 0 saturated heterocycles. The van der Waals surface area contributed by atoms with Crippen molar-refractivity contribution in [3.05, 3.63) is 84.0 Å². The number of aliphatic hydroxyl groups is 2. The van der Waals surface area contributed by atoms with E-state index >= 15 is 0 Å². The van der Waals surface area contributed by atoms with Crippen LogP contribution in [0, 0.1) is 0 Å². The van der Waals surface area contributed by atoms with E-state index in [4.69, 9.17) is 18.9 Å². The molecule has 0 aliphatic heterocycles. The van der Waals surface area contributed by atoms with Gasteiger partial charge in [0, 0.05) is 11.1 Å². The molecule has 0 spiro atoms. The molecule has 2 unspecified atom stereocenters. The van der Waals surface area contributed by atoms with Gasteiger partial charge in [-0.3, -0.25) is 0 Å². The second-order valence-corrected chi connectivity index (χ2v) is 10.4. The van der Waals surface area contributed by atoms with Crippen molar-refractivity contribution in [2.75, 3.05) is 26.4 Å². The van der Waals surface area contributed by atoms with Crippen LogP contribution in [0.5, 0.6) is 0 Å². The van der Waals surface area contributed by atoms with Gasteiger partial charge in [-0.15, -0.1) is 0 Å². The Morgan fingerprint density at radius 2 is 1.14 bits per heavy atom. The van der Waals surface area contributed by atoms with Gasteiger partial charge in [0.15, 0.2) is 0 Å². The van der Waals surface area contributed by atoms with E-state index in [-0.39, 0.29) is 37.6 Å². The van der Waals surface area contributed by atoms with Crippen molar-refractivity contribution in [2.24, 2.45) is 0 Å². The first-order valence-corrected chi connectivity index (χ1v) is 14.5. The minimum Gasteiger partial charge on any atom is -0.462 e. The molecule has 10 heteroatoms. The molecule has 0 amide bonds. The van der Waals surface area contributed by atoms with Crippen LogP contribution in [0.1, 0.15) is 73.1 Å². The summed E-state index contributed by atoms with van der Waals surface area (Å²) in [6.45, 7) is 10.1. The van der Waals surface area contributed by atoms with Crippen LogP contribution in [0.3, 0.4) is 0 Å². The lowest BCUT2D eigenvalue weighted by Crippen LogP contribution is -2.22. The van der Waals surface area contributed by atoms with E-state index in [1.807, 2.05) is 0 Å². The van der Waals surface area contributed by atoms with E-state index in [1.165, 1.54) is 13.8 Å². The molecule has 2 aromatic carbocycles. The maximum Gasteiger partial charge on any atom is 0.338 e. The summed E-state index contributed by atoms with van der Waals surface area (Å²) in [4.78, 5) is 47.7. The van der Waals surface area contributed by atoms with Crippen LogP contribution in [0.25, 0.3) is 11.1 Å². The van der Waals surface area contributed by atoms with Crippen LogP contribution >= 0.6 is 0 Å². The third-order valence-corrected chi connectivity index (χ3v) is 6.47. The molecule has 2 aromatic rings. The molecule has 2 N–H and O–H groups in total. The van der Waals surface area contributed by atoms with E-state index in [2.05, 4.69) is 13.2 Å². The Balaban J connectivity index is 1.70. The van der Waals surface area contributed by atoms with Crippen molar-refractivity contribution in [3.8, 4) is 11.1 Å². The summed E-state index contributed by atoms with van der Waals surface area (Å²) in [6.07, 6.45) is 1.76. The van der Waals surface area contributed by atoms with Gasteiger partial charge in [0.25, 0.3) is 0 Å². The van der Waals surface area contributed by atoms with Gasteiger partial charge in [-0.2, -0.15) is 0 Å². The van der Waals surface area contributed by atoms with E-state index in [1.54, 1.807) is 48.5 Å². The predicted octanol–water partition coefficient (Wildman–Crippen LogP) is 4.97. The summed E-state index contributed by atoms with van der Waals surface area (Å²) in [6, 6.07) is 13.8. The topological polar surface area (TPSA) is 146 Å². The van der Waals surface area contributed by atoms with Crippen LogP contribution < -0.4 is 0 Å². The highest BCUT2D eigenvalue weighted by atomic mass is 16.6. The Hall–Kier alpha value is -4.28. The van der Waals surface area contributed by atoms with Gasteiger partial charge in [-0.25, -0.2) is 19.2 Å². The van der Waals surface area contributed by atoms with Crippen LogP contribution in [-0.4, -0.2) is 72.7 Å². The zero-order chi connectivity index (χ0) is 32.5. The molecule has 0 aromatic heterocycles. The van der Waals surface area contributed by atoms with Crippen molar-refractivity contribution < 1.29 is 48.3 Å². The fraction of sp³-hybridized carbons (Fsp3) is 0.412. The Morgan fingerprint density at radius 3 is 1.57 bits per heavy atom. The quantitative estimate of drug-likeness (QED) is 0.0968. The van der Waals surface area contributed by atoms with Gasteiger partial charge >= 0.3 is 23.9 Å². The number of hydrogen-bond acceptors (Lipinski definition) is 10. The molecule has 10 nitrogen and oxygen atoms in total. The number of rotatable bonds is 19. The first-order chi connectivity index (χ1) is 21.0. The van der Waals surface area contributed by atoms with Crippen molar-refractivity contribution in [2.45, 2.75) is 64.6 Å². The average Bonchev–Trinajstić information content (AvgIpc) is 3.02. The molecule has 0 fully saturated rings. The second-order valence-electron chi connectivity index (χ2n) is 10.4. The van der Waals surface area contributed by atoms with E-state index in [0.717, 1.165) is 11.1 Å². The van der Waals surface area contributed by atoms with Crippen LogP contribution in [0.4, 0.5) is 0 Å². The summed E-state index contributed by atoms with van der Waals surface area (Å²) in [5.74, 6) is -1.99. The second kappa shape index (κ2) is 19.1. The molecular weight excluding hydrogens is 568 g/mol. The van der Waals surface area contributed by atoms with Gasteiger partial charge < -0.3 is 29.2 Å². The minimum atomic E-state index is -0.787. The summed E-state index contributed by atoms with van der Waals surface area (Å²) < 4.78 is 20.7. The zero-order valence-corrected chi connectivity index (χ0v) is 25.4. The van der Waals surface area contributed by atoms with Crippen molar-refractivity contribution >= 4 is 23.9 Å². The summed E-state index contributed by atoms with van der Waals surface area (Å²) >= 11 is 0. The normalized spacial score (nSPS) is 12.0. The molecule has 2 atom stereocenters. The van der Waals surface area contributed by atoms with E-state index in [0.29, 0.717) is 49.7 Å². The number of carbonyl (C=O) groups is 4. The van der Waals surface area contributed by atoms with Gasteiger partial charge in [0.1, 0.15) is 12.7 Å². The van der Waals surface area contributed by atoms with Gasteiger partial charge in [-0.05, 0) is 87.8 Å². The van der Waals surface area contributed by atoms with Crippen molar-refractivity contribution in [3.63, 3.8) is 0 Å². The zero-order valence-electron chi connectivity index (χ0n) is 25.4. The number of ether oxygens (including phenoxy) is 4. The molecule has 238 valence electrons. The predicted molar refractivity (Wildman–Crippen MR) is 164 cm³/mol. The summed E-state index contributed by atoms with van der Waals surface area (Å²) in [5.41, 5.74) is 3.05. The van der Waals surface area contributed by atoms with E-state index < -0.39 is 36.1 Å². The molecule has 0 bridgehead atoms. The molecule has 0 radical (unpaired) electrons. The fourth-order valence-corrected chi connectivity index (χ4v) is 3.87. The van der Waals surface area contributed by atoms with Crippen LogP contribution in [-0.2, 0) is 28.5 Å². The highest BCUT2D eigenvalue weighted by molar-refractivity contribution is 5.91. The number of aliphatic hydroxyl groups excluding tert-OH is 2. The standard InChI is InChI=1S/C34H42O10/c1-23(2)31(37)43-22-29(36)9-5-7-19-41-33(39)27-15-11-25(12-16-27)26-13-17-28(18-14-26)34(40)42-20-8-6-10-30(21-35)44-32(38)24(3)4/h11-18,29-30,35-36H,1,3,5-10,19-22H2,2,4H3. The summed E-state index contributed by atoms with van der Waals surface area (Å²) in [7, 11) is 0. The maximum atomic E-state index is 12.4. The molecule has 0 heterocycles. The van der Waals surface area contributed by atoms with Gasteiger partial charge in [0.05, 0.1) is 37.1 Å². The third-order valence-electron chi connectivity index (χ3n) is 6.47. The number of esters is 4. The Kier molecular flexibility index (Phi) is 15.6. The lowest BCUT2D eigenvalue weighted by molar-refractivity contribution is -0.146. The first-order valence-electron chi connectivity index (χ1n) is 14.5. The largest absolute Gasteiger partial charge is 0.462 e. The molecule has 2 rings (SSSR count). The Morgan fingerprint density at radius 1 is 0.682 bits per heavy atom. The smallest absolute Gasteiger partial charge is 0.338 e. The summed E-state index contributed by atoms with van der Waals surface area (Å²) in [5, 5.41) is 19.2. The lowest BCUT2D eigenvalue weighted by atomic mass is 10.0. The number of unbranched alkanes of at least 4 members (excludes halogenated alkanes) is 2. The van der Waals surface area contributed by atoms with E-state index in [9.17, 15) is 29.4 Å². The fourth-order valence-electron chi connectivity index (χ4n) is 3.87. The number of carbonyl (C=O) groups excluding carboxylic acids is 4. The molecule has 0 aliphatic rings. The average molecular weight is 611 g/mol. The van der Waals surface area contributed by atoms with Crippen molar-refractivity contribution in [1.82, 2.24) is 0 Å². The van der Waals surface area contributed by atoms with Gasteiger partial charge in [0.2, 0.25) is 0 Å². The molecule has 0 saturated carbocycles. The number of hydrogen-bond donors (Lipinski definition) is 2. The van der Waals surface area contributed by atoms with Crippen LogP contribution in [0.2, 0.25) is 0 Å². The lowest BCUT2D eigenvalue weighted by Gasteiger charge is -2.15. The maximum absolute atomic E-state index is 12.4. The SMILES string of the molecule is C=C(C)C(=O)OCC(O)CCCCOC(=O)c1ccc(-c2ccc(C(=O)OCCCCC(CO)OC(=O)C(=C)C)cc2)cc1. The molecular formula is C34H42O10. The highest BCUT2D eigenvalue weighted by Crippen LogP contribution is 2.21. The van der Waals surface area contributed by atoms with Crippen molar-refractivity contribution in [1.29, 1.82) is 0 Å². The van der Waals surface area contributed by atoms with Crippen LogP contribution in [0.15, 0.2) is 72.8 Å². The Bertz CT molecular complexity index is 1260. The third kappa shape index (κ3) is 12.9. The Labute approximate surface area is 258 Å². The first kappa shape index (κ1) is 35.9. The minimum absolute atomic E-state index is 0.100. The van der Waals surface area contributed by atoms with Gasteiger partial charge in [-0.1, -0.05) is 37.4 Å². The monoisotopic (exact) mass is 610 g/mol. The molecule has 44 heavy (non-hydrogen) atoms. The highest BCUT2D eigenvalue weighted by Gasteiger charge is 2.15. The molecule has 0 aliphatic carbocycles.